The lowest BCUT2D eigenvalue weighted by molar-refractivity contribution is 0.158. The van der Waals surface area contributed by atoms with Crippen LogP contribution in [0.4, 0.5) is 4.79 Å². The van der Waals surface area contributed by atoms with Gasteiger partial charge in [-0.05, 0) is 6.92 Å². The minimum atomic E-state index is -0.0724. The van der Waals surface area contributed by atoms with Gasteiger partial charge in [0.25, 0.3) is 0 Å². The van der Waals surface area contributed by atoms with E-state index in [1.807, 2.05) is 6.92 Å². The lowest BCUT2D eigenvalue weighted by atomic mass is 10.3. The van der Waals surface area contributed by atoms with Crippen LogP contribution >= 0.6 is 0 Å². The highest BCUT2D eigenvalue weighted by Crippen LogP contribution is 2.09. The highest BCUT2D eigenvalue weighted by atomic mass is 16.2. The van der Waals surface area contributed by atoms with Gasteiger partial charge in [-0.3, -0.25) is 10.2 Å². The molecule has 1 saturated heterocycles. The molecule has 2 rings (SSSR count). The molecule has 1 atom stereocenters. The van der Waals surface area contributed by atoms with Gasteiger partial charge in [0.1, 0.15) is 0 Å². The van der Waals surface area contributed by atoms with Gasteiger partial charge in [0, 0.05) is 7.05 Å². The number of hydrogen-bond donors (Lipinski definition) is 2. The van der Waals surface area contributed by atoms with Gasteiger partial charge in [-0.1, -0.05) is 0 Å². The molecular weight excluding hydrogens is 158 g/mol. The summed E-state index contributed by atoms with van der Waals surface area (Å²) in [5.74, 6) is 0.762. The number of rotatable bonds is 0. The fourth-order valence-corrected chi connectivity index (χ4v) is 1.31. The van der Waals surface area contributed by atoms with E-state index in [2.05, 4.69) is 16.0 Å². The Morgan fingerprint density at radius 2 is 2.42 bits per heavy atom. The molecule has 1 fully saturated rings. The fraction of sp³-hybridized carbons (Fsp3) is 0.667. The normalized spacial score (nSPS) is 28.3. The van der Waals surface area contributed by atoms with Gasteiger partial charge in [0.2, 0.25) is 0 Å². The summed E-state index contributed by atoms with van der Waals surface area (Å²) in [7, 11) is 1.64. The molecular formula is C6H11N5O. The molecule has 6 heteroatoms. The van der Waals surface area contributed by atoms with Crippen LogP contribution in [0.25, 0.3) is 0 Å². The Morgan fingerprint density at radius 1 is 1.67 bits per heavy atom. The zero-order chi connectivity index (χ0) is 8.72. The molecule has 66 valence electrons. The molecule has 0 aliphatic carbocycles. The van der Waals surface area contributed by atoms with E-state index in [-0.39, 0.29) is 12.1 Å². The summed E-state index contributed by atoms with van der Waals surface area (Å²) in [5.41, 5.74) is 2.62. The van der Waals surface area contributed by atoms with Gasteiger partial charge in [-0.2, -0.15) is 0 Å². The second-order valence-corrected chi connectivity index (χ2v) is 2.92. The number of amides is 2. The maximum Gasteiger partial charge on any atom is 0.346 e. The van der Waals surface area contributed by atoms with Crippen molar-refractivity contribution in [2.75, 3.05) is 13.7 Å². The predicted octanol–water partition coefficient (Wildman–Crippen LogP) is -0.879. The highest BCUT2D eigenvalue weighted by Gasteiger charge is 2.35. The second kappa shape index (κ2) is 2.34. The fourth-order valence-electron chi connectivity index (χ4n) is 1.31. The van der Waals surface area contributed by atoms with E-state index >= 15 is 0 Å². The lowest BCUT2D eigenvalue weighted by Gasteiger charge is -2.28. The van der Waals surface area contributed by atoms with E-state index < -0.39 is 0 Å². The number of hydrazine groups is 1. The Morgan fingerprint density at radius 3 is 3.17 bits per heavy atom. The molecule has 2 aliphatic rings. The van der Waals surface area contributed by atoms with Crippen molar-refractivity contribution in [2.24, 2.45) is 5.10 Å². The van der Waals surface area contributed by atoms with Gasteiger partial charge >= 0.3 is 6.03 Å². The van der Waals surface area contributed by atoms with E-state index in [0.717, 1.165) is 5.84 Å². The molecule has 2 aliphatic heterocycles. The predicted molar refractivity (Wildman–Crippen MR) is 43.0 cm³/mol. The van der Waals surface area contributed by atoms with Crippen LogP contribution in [0.5, 0.6) is 0 Å². The van der Waals surface area contributed by atoms with Crippen molar-refractivity contribution < 1.29 is 4.79 Å². The third-order valence-corrected chi connectivity index (χ3v) is 2.05. The van der Waals surface area contributed by atoms with Gasteiger partial charge in [-0.15, -0.1) is 5.10 Å². The quantitative estimate of drug-likeness (QED) is 0.495. The summed E-state index contributed by atoms with van der Waals surface area (Å²) in [5, 5.41) is 8.51. The zero-order valence-corrected chi connectivity index (χ0v) is 7.03. The molecule has 6 nitrogen and oxygen atoms in total. The molecule has 2 heterocycles. The number of nitrogens with zero attached hydrogens (tertiary/aromatic N) is 3. The Hall–Kier alpha value is -1.30. The standard InChI is InChI=1S/C6H11N5O/c1-4-5-8-9-10(2)6(12)11(5)3-7-4/h4,7,9H,3H2,1-2H3. The third kappa shape index (κ3) is 0.845. The molecule has 0 aromatic heterocycles. The minimum Gasteiger partial charge on any atom is -0.290 e. The minimum absolute atomic E-state index is 0.0724. The Kier molecular flexibility index (Phi) is 1.44. The number of hydrazone groups is 1. The van der Waals surface area contributed by atoms with E-state index in [1.165, 1.54) is 5.01 Å². The van der Waals surface area contributed by atoms with E-state index in [4.69, 9.17) is 0 Å². The SMILES string of the molecule is CC1NCN2C(=O)N(C)NN=C12. The molecule has 12 heavy (non-hydrogen) atoms. The molecule has 0 saturated carbocycles. The summed E-state index contributed by atoms with van der Waals surface area (Å²) in [6, 6.07) is 0.0759. The van der Waals surface area contributed by atoms with Crippen LogP contribution in [0.3, 0.4) is 0 Å². The molecule has 0 radical (unpaired) electrons. The number of nitrogens with one attached hydrogen (secondary N) is 2. The smallest absolute Gasteiger partial charge is 0.290 e. The second-order valence-electron chi connectivity index (χ2n) is 2.92. The molecule has 0 aromatic rings. The average molecular weight is 169 g/mol. The van der Waals surface area contributed by atoms with Crippen LogP contribution in [0.15, 0.2) is 5.10 Å². The Labute approximate surface area is 70.2 Å². The maximum absolute atomic E-state index is 11.4. The van der Waals surface area contributed by atoms with Crippen molar-refractivity contribution in [2.45, 2.75) is 13.0 Å². The van der Waals surface area contributed by atoms with E-state index in [9.17, 15) is 4.79 Å². The number of hydrogen-bond acceptors (Lipinski definition) is 4. The van der Waals surface area contributed by atoms with Crippen molar-refractivity contribution >= 4 is 11.9 Å². The van der Waals surface area contributed by atoms with E-state index in [1.54, 1.807) is 11.9 Å². The molecule has 0 spiro atoms. The first kappa shape index (κ1) is 7.35. The lowest BCUT2D eigenvalue weighted by Crippen LogP contribution is -2.52. The van der Waals surface area contributed by atoms with Crippen LogP contribution in [0.1, 0.15) is 6.92 Å². The van der Waals surface area contributed by atoms with Crippen LogP contribution < -0.4 is 10.9 Å². The van der Waals surface area contributed by atoms with Crippen LogP contribution in [-0.2, 0) is 0 Å². The van der Waals surface area contributed by atoms with Crippen LogP contribution in [-0.4, -0.2) is 41.5 Å². The number of carbonyl (C=O) groups excluding carboxylic acids is 1. The maximum atomic E-state index is 11.4. The summed E-state index contributed by atoms with van der Waals surface area (Å²) in [4.78, 5) is 13.0. The van der Waals surface area contributed by atoms with Crippen molar-refractivity contribution in [3.8, 4) is 0 Å². The van der Waals surface area contributed by atoms with Crippen LogP contribution in [0.2, 0.25) is 0 Å². The topological polar surface area (TPSA) is 60.0 Å². The number of carbonyl (C=O) groups is 1. The number of amidine groups is 1. The van der Waals surface area contributed by atoms with Crippen molar-refractivity contribution in [3.05, 3.63) is 0 Å². The van der Waals surface area contributed by atoms with Crippen LogP contribution in [0, 0.1) is 0 Å². The molecule has 1 unspecified atom stereocenters. The van der Waals surface area contributed by atoms with Crippen molar-refractivity contribution in [1.82, 2.24) is 20.8 Å². The molecule has 2 amide bonds. The number of urea groups is 1. The molecule has 0 aromatic carbocycles. The highest BCUT2D eigenvalue weighted by molar-refractivity contribution is 6.02. The van der Waals surface area contributed by atoms with Gasteiger partial charge in [0.15, 0.2) is 5.84 Å². The summed E-state index contributed by atoms with van der Waals surface area (Å²) in [6.07, 6.45) is 0. The Bertz CT molecular complexity index is 250. The monoisotopic (exact) mass is 169 g/mol. The average Bonchev–Trinajstić information content (AvgIpc) is 2.41. The zero-order valence-electron chi connectivity index (χ0n) is 7.03. The van der Waals surface area contributed by atoms with E-state index in [0.29, 0.717) is 6.67 Å². The molecule has 0 bridgehead atoms. The summed E-state index contributed by atoms with van der Waals surface area (Å²) < 4.78 is 0. The van der Waals surface area contributed by atoms with Gasteiger partial charge in [-0.25, -0.2) is 15.3 Å². The largest absolute Gasteiger partial charge is 0.346 e. The van der Waals surface area contributed by atoms with Crippen molar-refractivity contribution in [1.29, 1.82) is 0 Å². The van der Waals surface area contributed by atoms with Gasteiger partial charge < -0.3 is 0 Å². The first-order chi connectivity index (χ1) is 5.70. The summed E-state index contributed by atoms with van der Waals surface area (Å²) in [6.45, 7) is 2.52. The number of fused-ring (bicyclic) bond motifs is 1. The van der Waals surface area contributed by atoms with Gasteiger partial charge in [0.05, 0.1) is 12.7 Å². The molecule has 2 N–H and O–H groups in total. The first-order valence-corrected chi connectivity index (χ1v) is 3.82. The summed E-state index contributed by atoms with van der Waals surface area (Å²) >= 11 is 0. The first-order valence-electron chi connectivity index (χ1n) is 3.82. The Balaban J connectivity index is 2.28. The van der Waals surface area contributed by atoms with Crippen molar-refractivity contribution in [3.63, 3.8) is 0 Å². The third-order valence-electron chi connectivity index (χ3n) is 2.05.